The second kappa shape index (κ2) is 6.37. The maximum absolute atomic E-state index is 11.0. The fourth-order valence-electron chi connectivity index (χ4n) is 1.26. The van der Waals surface area contributed by atoms with Gasteiger partial charge in [-0.2, -0.15) is 0 Å². The minimum absolute atomic E-state index is 0.149. The Morgan fingerprint density at radius 3 is 2.83 bits per heavy atom. The van der Waals surface area contributed by atoms with E-state index >= 15 is 0 Å². The molecule has 0 aliphatic rings. The maximum Gasteiger partial charge on any atom is 0.384 e. The van der Waals surface area contributed by atoms with Crippen molar-refractivity contribution >= 4 is 11.7 Å². The van der Waals surface area contributed by atoms with Crippen LogP contribution in [0.5, 0.6) is 0 Å². The van der Waals surface area contributed by atoms with Crippen LogP contribution in [0, 0.1) is 22.0 Å². The molecule has 0 aliphatic carbocycles. The van der Waals surface area contributed by atoms with Gasteiger partial charge in [0.25, 0.3) is 5.69 Å². The van der Waals surface area contributed by atoms with Crippen molar-refractivity contribution < 1.29 is 19.6 Å². The first-order valence-corrected chi connectivity index (χ1v) is 5.15. The number of esters is 1. The van der Waals surface area contributed by atoms with Crippen LogP contribution < -0.4 is 0 Å². The normalized spacial score (nSPS) is 9.22. The summed E-state index contributed by atoms with van der Waals surface area (Å²) in [4.78, 5) is 21.0. The molecule has 1 N–H and O–H groups in total. The van der Waals surface area contributed by atoms with Gasteiger partial charge in [0.15, 0.2) is 0 Å². The minimum atomic E-state index is -0.665. The smallest absolute Gasteiger partial charge is 0.384 e. The summed E-state index contributed by atoms with van der Waals surface area (Å²) in [6.07, 6.45) is 0. The molecule has 94 valence electrons. The van der Waals surface area contributed by atoms with Gasteiger partial charge in [-0.3, -0.25) is 10.1 Å². The lowest BCUT2D eigenvalue weighted by molar-refractivity contribution is -0.385. The molecule has 0 amide bonds. The molecule has 1 aromatic carbocycles. The van der Waals surface area contributed by atoms with Gasteiger partial charge < -0.3 is 9.84 Å². The molecule has 0 heterocycles. The first-order chi connectivity index (χ1) is 8.58. The number of hydrogen-bond acceptors (Lipinski definition) is 5. The number of benzene rings is 1. The minimum Gasteiger partial charge on any atom is -0.456 e. The summed E-state index contributed by atoms with van der Waals surface area (Å²) in [5, 5.41) is 19.6. The lowest BCUT2D eigenvalue weighted by Gasteiger charge is -1.99. The molecule has 6 heteroatoms. The van der Waals surface area contributed by atoms with E-state index in [0.29, 0.717) is 5.56 Å². The topological polar surface area (TPSA) is 89.7 Å². The third-order valence-corrected chi connectivity index (χ3v) is 2.03. The Hall–Kier alpha value is -2.39. The number of nitro groups is 1. The summed E-state index contributed by atoms with van der Waals surface area (Å²) in [6, 6.07) is 4.01. The fourth-order valence-corrected chi connectivity index (χ4v) is 1.26. The number of aliphatic hydroxyl groups is 1. The summed E-state index contributed by atoms with van der Waals surface area (Å²) in [7, 11) is 0. The Labute approximate surface area is 103 Å². The van der Waals surface area contributed by atoms with Crippen molar-refractivity contribution in [1.29, 1.82) is 0 Å². The fraction of sp³-hybridized carbons (Fsp3) is 0.250. The van der Waals surface area contributed by atoms with E-state index in [9.17, 15) is 14.9 Å². The van der Waals surface area contributed by atoms with E-state index in [2.05, 4.69) is 16.6 Å². The Bertz CT molecular complexity index is 527. The highest BCUT2D eigenvalue weighted by Gasteiger charge is 2.12. The lowest BCUT2D eigenvalue weighted by Crippen LogP contribution is -2.00. The van der Waals surface area contributed by atoms with Crippen molar-refractivity contribution in [2.45, 2.75) is 13.5 Å². The number of hydrogen-bond donors (Lipinski definition) is 1. The number of ether oxygens (including phenoxy) is 1. The van der Waals surface area contributed by atoms with Gasteiger partial charge in [0.05, 0.1) is 23.7 Å². The number of nitro benzene ring substituents is 1. The molecule has 1 aromatic rings. The van der Waals surface area contributed by atoms with Crippen LogP contribution in [-0.2, 0) is 16.1 Å². The molecule has 0 radical (unpaired) electrons. The van der Waals surface area contributed by atoms with Crippen LogP contribution in [0.1, 0.15) is 18.1 Å². The zero-order valence-electron chi connectivity index (χ0n) is 9.67. The highest BCUT2D eigenvalue weighted by atomic mass is 16.6. The van der Waals surface area contributed by atoms with E-state index in [1.165, 1.54) is 18.2 Å². The highest BCUT2D eigenvalue weighted by molar-refractivity contribution is 5.89. The van der Waals surface area contributed by atoms with Gasteiger partial charge in [-0.1, -0.05) is 5.92 Å². The van der Waals surface area contributed by atoms with Gasteiger partial charge in [-0.05, 0) is 19.1 Å². The van der Waals surface area contributed by atoms with E-state index in [1.54, 1.807) is 6.92 Å². The molecule has 0 aromatic heterocycles. The Balaban J connectivity index is 2.99. The molecule has 0 fully saturated rings. The van der Waals surface area contributed by atoms with E-state index in [-0.39, 0.29) is 17.9 Å². The number of rotatable bonds is 3. The summed E-state index contributed by atoms with van der Waals surface area (Å²) < 4.78 is 4.61. The average Bonchev–Trinajstić information content (AvgIpc) is 2.36. The van der Waals surface area contributed by atoms with Crippen LogP contribution in [0.25, 0.3) is 0 Å². The predicted molar refractivity (Wildman–Crippen MR) is 62.5 cm³/mol. The number of carbonyl (C=O) groups is 1. The summed E-state index contributed by atoms with van der Waals surface area (Å²) in [6.45, 7) is 1.43. The van der Waals surface area contributed by atoms with Crippen LogP contribution in [0.15, 0.2) is 18.2 Å². The van der Waals surface area contributed by atoms with Crippen molar-refractivity contribution in [3.8, 4) is 11.8 Å². The number of carbonyl (C=O) groups excluding carboxylic acids is 1. The van der Waals surface area contributed by atoms with Crippen LogP contribution in [0.3, 0.4) is 0 Å². The van der Waals surface area contributed by atoms with Gasteiger partial charge in [0, 0.05) is 17.6 Å². The predicted octanol–water partition coefficient (Wildman–Crippen LogP) is 1.00. The van der Waals surface area contributed by atoms with Crippen LogP contribution >= 0.6 is 0 Å². The molecule has 0 bridgehead atoms. The molecule has 0 atom stereocenters. The second-order valence-corrected chi connectivity index (χ2v) is 3.23. The van der Waals surface area contributed by atoms with Crippen LogP contribution in [0.2, 0.25) is 0 Å². The van der Waals surface area contributed by atoms with E-state index < -0.39 is 17.5 Å². The summed E-state index contributed by atoms with van der Waals surface area (Å²) >= 11 is 0. The highest BCUT2D eigenvalue weighted by Crippen LogP contribution is 2.19. The van der Waals surface area contributed by atoms with Crippen LogP contribution in [0.4, 0.5) is 5.69 Å². The van der Waals surface area contributed by atoms with E-state index in [0.717, 1.165) is 0 Å². The number of aliphatic hydroxyl groups excluding tert-OH is 1. The monoisotopic (exact) mass is 249 g/mol. The Morgan fingerprint density at radius 2 is 2.28 bits per heavy atom. The van der Waals surface area contributed by atoms with Gasteiger partial charge in [0.1, 0.15) is 0 Å². The summed E-state index contributed by atoms with van der Waals surface area (Å²) in [5.41, 5.74) is 0.368. The van der Waals surface area contributed by atoms with Crippen molar-refractivity contribution in [3.63, 3.8) is 0 Å². The molecular weight excluding hydrogens is 238 g/mol. The van der Waals surface area contributed by atoms with E-state index in [1.807, 2.05) is 0 Å². The Kier molecular flexibility index (Phi) is 4.84. The molecule has 0 saturated carbocycles. The molecule has 0 saturated heterocycles. The second-order valence-electron chi connectivity index (χ2n) is 3.23. The van der Waals surface area contributed by atoms with Crippen molar-refractivity contribution in [2.75, 3.05) is 6.61 Å². The van der Waals surface area contributed by atoms with Crippen molar-refractivity contribution in [3.05, 3.63) is 39.4 Å². The van der Waals surface area contributed by atoms with Crippen LogP contribution in [-0.4, -0.2) is 22.6 Å². The van der Waals surface area contributed by atoms with Gasteiger partial charge in [-0.15, -0.1) is 0 Å². The maximum atomic E-state index is 11.0. The third-order valence-electron chi connectivity index (χ3n) is 2.03. The third kappa shape index (κ3) is 3.57. The average molecular weight is 249 g/mol. The molecule has 0 aliphatic heterocycles. The zero-order chi connectivity index (χ0) is 13.5. The van der Waals surface area contributed by atoms with Crippen molar-refractivity contribution in [1.82, 2.24) is 0 Å². The van der Waals surface area contributed by atoms with Gasteiger partial charge in [-0.25, -0.2) is 4.79 Å². The van der Waals surface area contributed by atoms with Crippen molar-refractivity contribution in [2.24, 2.45) is 0 Å². The first-order valence-electron chi connectivity index (χ1n) is 5.15. The summed E-state index contributed by atoms with van der Waals surface area (Å²) in [5.74, 6) is 4.08. The van der Waals surface area contributed by atoms with Gasteiger partial charge in [0.2, 0.25) is 0 Å². The lowest BCUT2D eigenvalue weighted by atomic mass is 10.1. The molecule has 18 heavy (non-hydrogen) atoms. The van der Waals surface area contributed by atoms with Gasteiger partial charge >= 0.3 is 5.97 Å². The van der Waals surface area contributed by atoms with E-state index in [4.69, 9.17) is 5.11 Å². The Morgan fingerprint density at radius 1 is 1.56 bits per heavy atom. The zero-order valence-corrected chi connectivity index (χ0v) is 9.67. The molecule has 0 unspecified atom stereocenters. The molecule has 6 nitrogen and oxygen atoms in total. The molecular formula is C12H11NO5. The molecule has 0 spiro atoms. The quantitative estimate of drug-likeness (QED) is 0.373. The number of nitrogens with zero attached hydrogens (tertiary/aromatic N) is 1. The SMILES string of the molecule is CCOC(=O)C#Cc1ccc([N+](=O)[O-])c(CO)c1. The molecule has 1 rings (SSSR count). The first kappa shape index (κ1) is 13.7. The standard InChI is InChI=1S/C12H11NO5/c1-2-18-12(15)6-4-9-3-5-11(13(16)17)10(7-9)8-14/h3,5,7,14H,2,8H2,1H3. The largest absolute Gasteiger partial charge is 0.456 e.